The van der Waals surface area contributed by atoms with Crippen LogP contribution in [0.5, 0.6) is 0 Å². The first-order chi connectivity index (χ1) is 9.19. The molecule has 19 heavy (non-hydrogen) atoms. The molecule has 0 aromatic rings. The van der Waals surface area contributed by atoms with Gasteiger partial charge < -0.3 is 10.2 Å². The fourth-order valence-corrected chi connectivity index (χ4v) is 4.19. The summed E-state index contributed by atoms with van der Waals surface area (Å²) >= 11 is 2.10. The molecule has 0 aliphatic carbocycles. The highest BCUT2D eigenvalue weighted by Gasteiger charge is 2.34. The topological polar surface area (TPSA) is 18.5 Å². The lowest BCUT2D eigenvalue weighted by Crippen LogP contribution is -2.63. The molecule has 4 heteroatoms. The molecule has 2 saturated heterocycles. The normalized spacial score (nSPS) is 29.5. The van der Waals surface area contributed by atoms with Gasteiger partial charge in [0.15, 0.2) is 0 Å². The van der Waals surface area contributed by atoms with Gasteiger partial charge in [-0.2, -0.15) is 11.8 Å². The zero-order valence-corrected chi connectivity index (χ0v) is 13.8. The molecule has 0 aromatic carbocycles. The molecule has 0 saturated carbocycles. The lowest BCUT2D eigenvalue weighted by atomic mass is 9.89. The van der Waals surface area contributed by atoms with E-state index in [0.717, 1.165) is 6.54 Å². The Hall–Kier alpha value is 0.230. The molecule has 1 atom stereocenters. The van der Waals surface area contributed by atoms with Crippen LogP contribution in [0.15, 0.2) is 0 Å². The standard InChI is InChI=1S/C15H31N3S/c1-4-15(5-2)13-18(14(3)12-16-15)7-6-17-8-10-19-11-9-17/h14,16H,4-13H2,1-3H3. The van der Waals surface area contributed by atoms with Crippen molar-refractivity contribution in [3.8, 4) is 0 Å². The number of nitrogens with zero attached hydrogens (tertiary/aromatic N) is 2. The van der Waals surface area contributed by atoms with Crippen molar-refractivity contribution in [1.82, 2.24) is 15.1 Å². The van der Waals surface area contributed by atoms with Gasteiger partial charge in [0.1, 0.15) is 0 Å². The Kier molecular flexibility index (Phi) is 6.00. The highest BCUT2D eigenvalue weighted by molar-refractivity contribution is 7.99. The fourth-order valence-electron chi connectivity index (χ4n) is 3.21. The summed E-state index contributed by atoms with van der Waals surface area (Å²) in [6, 6.07) is 0.686. The molecule has 0 radical (unpaired) electrons. The van der Waals surface area contributed by atoms with Crippen LogP contribution in [0.25, 0.3) is 0 Å². The second kappa shape index (κ2) is 7.30. The molecule has 0 amide bonds. The van der Waals surface area contributed by atoms with Crippen molar-refractivity contribution in [2.45, 2.75) is 45.2 Å². The van der Waals surface area contributed by atoms with E-state index in [2.05, 4.69) is 47.6 Å². The smallest absolute Gasteiger partial charge is 0.0304 e. The van der Waals surface area contributed by atoms with Crippen LogP contribution in [0, 0.1) is 0 Å². The summed E-state index contributed by atoms with van der Waals surface area (Å²) in [4.78, 5) is 5.36. The lowest BCUT2D eigenvalue weighted by molar-refractivity contribution is 0.0715. The third-order valence-corrected chi connectivity index (χ3v) is 6.00. The lowest BCUT2D eigenvalue weighted by Gasteiger charge is -2.47. The van der Waals surface area contributed by atoms with Crippen molar-refractivity contribution in [3.63, 3.8) is 0 Å². The average Bonchev–Trinajstić information content (AvgIpc) is 2.48. The van der Waals surface area contributed by atoms with Crippen LogP contribution in [-0.4, -0.2) is 72.2 Å². The highest BCUT2D eigenvalue weighted by atomic mass is 32.2. The van der Waals surface area contributed by atoms with E-state index in [1.807, 2.05) is 0 Å². The molecule has 2 rings (SSSR count). The summed E-state index contributed by atoms with van der Waals surface area (Å²) in [6.45, 7) is 14.5. The van der Waals surface area contributed by atoms with E-state index in [1.54, 1.807) is 0 Å². The van der Waals surface area contributed by atoms with Crippen LogP contribution in [0.4, 0.5) is 0 Å². The van der Waals surface area contributed by atoms with Crippen molar-refractivity contribution < 1.29 is 0 Å². The van der Waals surface area contributed by atoms with Crippen LogP contribution in [-0.2, 0) is 0 Å². The van der Waals surface area contributed by atoms with Crippen molar-refractivity contribution in [2.24, 2.45) is 0 Å². The Balaban J connectivity index is 1.83. The summed E-state index contributed by atoms with van der Waals surface area (Å²) in [5.74, 6) is 2.65. The van der Waals surface area contributed by atoms with Gasteiger partial charge in [-0.05, 0) is 19.8 Å². The average molecular weight is 286 g/mol. The monoisotopic (exact) mass is 285 g/mol. The predicted octanol–water partition coefficient (Wildman–Crippen LogP) is 1.89. The molecular weight excluding hydrogens is 254 g/mol. The van der Waals surface area contributed by atoms with Crippen molar-refractivity contribution in [1.29, 1.82) is 0 Å². The van der Waals surface area contributed by atoms with Crippen LogP contribution >= 0.6 is 11.8 Å². The van der Waals surface area contributed by atoms with Crippen molar-refractivity contribution >= 4 is 11.8 Å². The van der Waals surface area contributed by atoms with E-state index in [1.165, 1.54) is 57.1 Å². The minimum absolute atomic E-state index is 0.365. The van der Waals surface area contributed by atoms with E-state index in [4.69, 9.17) is 0 Å². The number of rotatable bonds is 5. The predicted molar refractivity (Wildman–Crippen MR) is 86.1 cm³/mol. The molecule has 2 heterocycles. The Morgan fingerprint density at radius 1 is 1.16 bits per heavy atom. The van der Waals surface area contributed by atoms with Crippen LogP contribution < -0.4 is 5.32 Å². The van der Waals surface area contributed by atoms with Crippen LogP contribution in [0.2, 0.25) is 0 Å². The molecule has 1 unspecified atom stereocenters. The summed E-state index contributed by atoms with van der Waals surface area (Å²) in [5.41, 5.74) is 0.365. The number of hydrogen-bond donors (Lipinski definition) is 1. The second-order valence-corrected chi connectivity index (χ2v) is 7.37. The largest absolute Gasteiger partial charge is 0.308 e. The number of hydrogen-bond acceptors (Lipinski definition) is 4. The number of nitrogens with one attached hydrogen (secondary N) is 1. The van der Waals surface area contributed by atoms with E-state index in [-0.39, 0.29) is 0 Å². The fraction of sp³-hybridized carbons (Fsp3) is 1.00. The molecule has 0 spiro atoms. The summed E-state index contributed by atoms with van der Waals surface area (Å²) in [7, 11) is 0. The van der Waals surface area contributed by atoms with Gasteiger partial charge in [-0.25, -0.2) is 0 Å². The van der Waals surface area contributed by atoms with Crippen LogP contribution in [0.3, 0.4) is 0 Å². The van der Waals surface area contributed by atoms with Gasteiger partial charge in [0, 0.05) is 62.4 Å². The van der Waals surface area contributed by atoms with Gasteiger partial charge in [-0.15, -0.1) is 0 Å². The second-order valence-electron chi connectivity index (χ2n) is 6.14. The minimum Gasteiger partial charge on any atom is -0.308 e. The minimum atomic E-state index is 0.365. The van der Waals surface area contributed by atoms with Crippen molar-refractivity contribution in [2.75, 3.05) is 50.8 Å². The third kappa shape index (κ3) is 4.10. The SMILES string of the molecule is CCC1(CC)CN(CCN2CCSCC2)C(C)CN1. The highest BCUT2D eigenvalue weighted by Crippen LogP contribution is 2.22. The van der Waals surface area contributed by atoms with Gasteiger partial charge in [0.25, 0.3) is 0 Å². The van der Waals surface area contributed by atoms with Gasteiger partial charge in [-0.1, -0.05) is 13.8 Å². The first-order valence-electron chi connectivity index (χ1n) is 7.98. The molecule has 1 N–H and O–H groups in total. The zero-order chi connectivity index (χ0) is 13.7. The van der Waals surface area contributed by atoms with Gasteiger partial charge in [0.2, 0.25) is 0 Å². The first kappa shape index (κ1) is 15.6. The quantitative estimate of drug-likeness (QED) is 0.831. The van der Waals surface area contributed by atoms with Crippen LogP contribution in [0.1, 0.15) is 33.6 Å². The summed E-state index contributed by atoms with van der Waals surface area (Å²) in [5, 5.41) is 3.79. The zero-order valence-electron chi connectivity index (χ0n) is 13.0. The maximum atomic E-state index is 3.79. The van der Waals surface area contributed by atoms with Crippen molar-refractivity contribution in [3.05, 3.63) is 0 Å². The van der Waals surface area contributed by atoms with E-state index >= 15 is 0 Å². The molecule has 2 aliphatic heterocycles. The van der Waals surface area contributed by atoms with Gasteiger partial charge in [-0.3, -0.25) is 4.90 Å². The Morgan fingerprint density at radius 3 is 2.47 bits per heavy atom. The molecule has 2 fully saturated rings. The molecule has 0 aromatic heterocycles. The number of piperazine rings is 1. The Morgan fingerprint density at radius 2 is 1.84 bits per heavy atom. The molecule has 112 valence electrons. The number of thioether (sulfide) groups is 1. The Bertz CT molecular complexity index is 262. The van der Waals surface area contributed by atoms with Gasteiger partial charge in [0.05, 0.1) is 0 Å². The molecule has 3 nitrogen and oxygen atoms in total. The third-order valence-electron chi connectivity index (χ3n) is 5.06. The van der Waals surface area contributed by atoms with E-state index in [0.29, 0.717) is 11.6 Å². The Labute approximate surface area is 123 Å². The summed E-state index contributed by atoms with van der Waals surface area (Å²) < 4.78 is 0. The maximum absolute atomic E-state index is 3.79. The summed E-state index contributed by atoms with van der Waals surface area (Å²) in [6.07, 6.45) is 2.49. The van der Waals surface area contributed by atoms with E-state index < -0.39 is 0 Å². The molecular formula is C15H31N3S. The van der Waals surface area contributed by atoms with Gasteiger partial charge >= 0.3 is 0 Å². The maximum Gasteiger partial charge on any atom is 0.0304 e. The van der Waals surface area contributed by atoms with E-state index in [9.17, 15) is 0 Å². The molecule has 0 bridgehead atoms. The first-order valence-corrected chi connectivity index (χ1v) is 9.14. The molecule has 2 aliphatic rings.